The Kier molecular flexibility index (Phi) is 5.84. The van der Waals surface area contributed by atoms with Crippen LogP contribution in [0.3, 0.4) is 0 Å². The number of nitrogens with zero attached hydrogens (tertiary/aromatic N) is 1. The van der Waals surface area contributed by atoms with Gasteiger partial charge in [-0.15, -0.1) is 0 Å². The smallest absolute Gasteiger partial charge is 0.308 e. The van der Waals surface area contributed by atoms with Crippen molar-refractivity contribution in [1.82, 2.24) is 4.90 Å². The summed E-state index contributed by atoms with van der Waals surface area (Å²) in [6, 6.07) is 2.97. The molecule has 6 nitrogen and oxygen atoms in total. The minimum absolute atomic E-state index is 0.0974. The van der Waals surface area contributed by atoms with Crippen LogP contribution in [0.1, 0.15) is 17.3 Å². The number of amides is 1. The van der Waals surface area contributed by atoms with Gasteiger partial charge < -0.3 is 19.5 Å². The maximum Gasteiger partial charge on any atom is 0.308 e. The highest BCUT2D eigenvalue weighted by molar-refractivity contribution is 6.32. The molecule has 1 amide bonds. The SMILES string of the molecule is COc1cc(C(=O)N(C)C[C@@H](C)C(=O)O)cc(Cl)c1OC. The molecule has 0 aliphatic rings. The van der Waals surface area contributed by atoms with Gasteiger partial charge in [-0.1, -0.05) is 18.5 Å². The van der Waals surface area contributed by atoms with Gasteiger partial charge in [0.25, 0.3) is 5.91 Å². The van der Waals surface area contributed by atoms with Crippen molar-refractivity contribution in [2.24, 2.45) is 5.92 Å². The van der Waals surface area contributed by atoms with Gasteiger partial charge in [-0.25, -0.2) is 0 Å². The summed E-state index contributed by atoms with van der Waals surface area (Å²) in [5.74, 6) is -1.27. The van der Waals surface area contributed by atoms with E-state index in [4.69, 9.17) is 26.2 Å². The van der Waals surface area contributed by atoms with Crippen molar-refractivity contribution in [2.45, 2.75) is 6.92 Å². The van der Waals surface area contributed by atoms with Crippen LogP contribution in [0, 0.1) is 5.92 Å². The number of benzene rings is 1. The van der Waals surface area contributed by atoms with E-state index in [9.17, 15) is 9.59 Å². The zero-order valence-corrected chi connectivity index (χ0v) is 13.1. The average molecular weight is 316 g/mol. The van der Waals surface area contributed by atoms with Crippen LogP contribution in [0.4, 0.5) is 0 Å². The second-order valence-corrected chi connectivity index (χ2v) is 5.03. The number of halogens is 1. The fraction of sp³-hybridized carbons (Fsp3) is 0.429. The summed E-state index contributed by atoms with van der Waals surface area (Å²) in [7, 11) is 4.43. The summed E-state index contributed by atoms with van der Waals surface area (Å²) in [5, 5.41) is 9.13. The van der Waals surface area contributed by atoms with Gasteiger partial charge in [0.05, 0.1) is 25.2 Å². The van der Waals surface area contributed by atoms with Crippen molar-refractivity contribution < 1.29 is 24.2 Å². The van der Waals surface area contributed by atoms with Crippen LogP contribution in [0.5, 0.6) is 11.5 Å². The van der Waals surface area contributed by atoms with Gasteiger partial charge in [-0.3, -0.25) is 9.59 Å². The monoisotopic (exact) mass is 315 g/mol. The number of methoxy groups -OCH3 is 2. The number of carboxylic acid groups (broad SMARTS) is 1. The van der Waals surface area contributed by atoms with Crippen molar-refractivity contribution in [3.8, 4) is 11.5 Å². The molecule has 1 N–H and O–H groups in total. The van der Waals surface area contributed by atoms with E-state index in [-0.39, 0.29) is 17.5 Å². The third-order valence-electron chi connectivity index (χ3n) is 3.00. The van der Waals surface area contributed by atoms with Crippen LogP contribution in [-0.2, 0) is 4.79 Å². The average Bonchev–Trinajstić information content (AvgIpc) is 2.44. The molecule has 1 atom stereocenters. The van der Waals surface area contributed by atoms with Gasteiger partial charge in [0, 0.05) is 19.2 Å². The minimum Gasteiger partial charge on any atom is -0.493 e. The number of hydrogen-bond acceptors (Lipinski definition) is 4. The van der Waals surface area contributed by atoms with E-state index in [1.165, 1.54) is 45.2 Å². The maximum atomic E-state index is 12.3. The first-order valence-corrected chi connectivity index (χ1v) is 6.59. The summed E-state index contributed by atoms with van der Waals surface area (Å²) >= 11 is 6.05. The topological polar surface area (TPSA) is 76.1 Å². The van der Waals surface area contributed by atoms with E-state index in [2.05, 4.69) is 0 Å². The van der Waals surface area contributed by atoms with Crippen LogP contribution in [0.2, 0.25) is 5.02 Å². The highest BCUT2D eigenvalue weighted by Gasteiger charge is 2.21. The predicted octanol–water partition coefficient (Wildman–Crippen LogP) is 2.15. The number of carbonyl (C=O) groups excluding carboxylic acids is 1. The molecule has 0 saturated carbocycles. The van der Waals surface area contributed by atoms with Crippen molar-refractivity contribution >= 4 is 23.5 Å². The predicted molar refractivity (Wildman–Crippen MR) is 78.3 cm³/mol. The molecule has 1 aromatic carbocycles. The Morgan fingerprint density at radius 1 is 1.33 bits per heavy atom. The van der Waals surface area contributed by atoms with E-state index in [1.807, 2.05) is 0 Å². The Labute approximate surface area is 128 Å². The Hall–Kier alpha value is -1.95. The van der Waals surface area contributed by atoms with Gasteiger partial charge in [0.1, 0.15) is 0 Å². The first-order chi connectivity index (χ1) is 9.81. The van der Waals surface area contributed by atoms with E-state index in [0.29, 0.717) is 17.1 Å². The van der Waals surface area contributed by atoms with Gasteiger partial charge in [-0.05, 0) is 12.1 Å². The zero-order valence-electron chi connectivity index (χ0n) is 12.3. The van der Waals surface area contributed by atoms with Crippen molar-refractivity contribution in [2.75, 3.05) is 27.8 Å². The van der Waals surface area contributed by atoms with E-state index >= 15 is 0 Å². The van der Waals surface area contributed by atoms with Crippen molar-refractivity contribution in [3.05, 3.63) is 22.7 Å². The first kappa shape index (κ1) is 17.1. The Bertz CT molecular complexity index is 546. The lowest BCUT2D eigenvalue weighted by molar-refractivity contribution is -0.141. The number of rotatable bonds is 6. The summed E-state index contributed by atoms with van der Waals surface area (Å²) in [4.78, 5) is 24.5. The Morgan fingerprint density at radius 2 is 1.95 bits per heavy atom. The van der Waals surface area contributed by atoms with Gasteiger partial charge in [0.2, 0.25) is 0 Å². The van der Waals surface area contributed by atoms with Crippen molar-refractivity contribution in [3.63, 3.8) is 0 Å². The van der Waals surface area contributed by atoms with Crippen LogP contribution < -0.4 is 9.47 Å². The highest BCUT2D eigenvalue weighted by Crippen LogP contribution is 2.36. The number of carboxylic acids is 1. The fourth-order valence-electron chi connectivity index (χ4n) is 1.83. The molecule has 1 rings (SSSR count). The standard InChI is InChI=1S/C14H18ClNO5/c1-8(14(18)19)7-16(2)13(17)9-5-10(15)12(21-4)11(6-9)20-3/h5-6,8H,7H2,1-4H3,(H,18,19)/t8-/m1/s1. The summed E-state index contributed by atoms with van der Waals surface area (Å²) in [6.45, 7) is 1.63. The molecular weight excluding hydrogens is 298 g/mol. The number of aliphatic carboxylic acids is 1. The molecule has 116 valence electrons. The Morgan fingerprint density at radius 3 is 2.43 bits per heavy atom. The highest BCUT2D eigenvalue weighted by atomic mass is 35.5. The molecule has 21 heavy (non-hydrogen) atoms. The minimum atomic E-state index is -0.958. The lowest BCUT2D eigenvalue weighted by Gasteiger charge is -2.20. The Balaban J connectivity index is 3.02. The van der Waals surface area contributed by atoms with Gasteiger partial charge in [-0.2, -0.15) is 0 Å². The molecular formula is C14H18ClNO5. The van der Waals surface area contributed by atoms with Gasteiger partial charge >= 0.3 is 5.97 Å². The van der Waals surface area contributed by atoms with E-state index in [1.54, 1.807) is 0 Å². The third-order valence-corrected chi connectivity index (χ3v) is 3.28. The number of hydrogen-bond donors (Lipinski definition) is 1. The molecule has 0 unspecified atom stereocenters. The molecule has 0 heterocycles. The fourth-order valence-corrected chi connectivity index (χ4v) is 2.12. The first-order valence-electron chi connectivity index (χ1n) is 6.21. The molecule has 0 aliphatic carbocycles. The van der Waals surface area contributed by atoms with E-state index < -0.39 is 11.9 Å². The number of carbonyl (C=O) groups is 2. The quantitative estimate of drug-likeness (QED) is 0.870. The molecule has 0 aliphatic heterocycles. The molecule has 0 spiro atoms. The molecule has 1 aromatic rings. The van der Waals surface area contributed by atoms with E-state index in [0.717, 1.165) is 0 Å². The maximum absolute atomic E-state index is 12.3. The van der Waals surface area contributed by atoms with Crippen LogP contribution in [-0.4, -0.2) is 49.7 Å². The molecule has 0 fully saturated rings. The molecule has 7 heteroatoms. The second-order valence-electron chi connectivity index (χ2n) is 4.62. The third kappa shape index (κ3) is 4.01. The van der Waals surface area contributed by atoms with Crippen LogP contribution >= 0.6 is 11.6 Å². The van der Waals surface area contributed by atoms with Crippen molar-refractivity contribution in [1.29, 1.82) is 0 Å². The second kappa shape index (κ2) is 7.17. The van der Waals surface area contributed by atoms with Gasteiger partial charge in [0.15, 0.2) is 11.5 Å². The lowest BCUT2D eigenvalue weighted by atomic mass is 10.1. The molecule has 0 radical (unpaired) electrons. The van der Waals surface area contributed by atoms with Crippen LogP contribution in [0.25, 0.3) is 0 Å². The largest absolute Gasteiger partial charge is 0.493 e. The van der Waals surface area contributed by atoms with Crippen LogP contribution in [0.15, 0.2) is 12.1 Å². The lowest BCUT2D eigenvalue weighted by Crippen LogP contribution is -2.33. The number of ether oxygens (including phenoxy) is 2. The molecule has 0 aromatic heterocycles. The summed E-state index contributed by atoms with van der Waals surface area (Å²) in [6.07, 6.45) is 0. The normalized spacial score (nSPS) is 11.7. The zero-order chi connectivity index (χ0) is 16.2. The summed E-state index contributed by atoms with van der Waals surface area (Å²) in [5.41, 5.74) is 0.303. The molecule has 0 saturated heterocycles. The molecule has 0 bridgehead atoms. The summed E-state index contributed by atoms with van der Waals surface area (Å²) < 4.78 is 10.2.